The highest BCUT2D eigenvalue weighted by molar-refractivity contribution is 14.0. The molecule has 0 atom stereocenters. The molecular weight excluding hydrogens is 477 g/mol. The second kappa shape index (κ2) is 9.70. The van der Waals surface area contributed by atoms with Gasteiger partial charge in [0.25, 0.3) is 0 Å². The molecule has 0 amide bonds. The Hall–Kier alpha value is -2.13. The molecule has 0 bridgehead atoms. The van der Waals surface area contributed by atoms with Crippen LogP contribution < -0.4 is 11.1 Å². The number of hydrogen-bond donors (Lipinski definition) is 2. The fourth-order valence-corrected chi connectivity index (χ4v) is 2.70. The van der Waals surface area contributed by atoms with Crippen LogP contribution in [-0.2, 0) is 6.42 Å². The SMILES string of the molecule is Cc1cc(C)cc(NC(N)=NCCc2nc(-c3ccc(Cl)cc3)no2)c1.I. The van der Waals surface area contributed by atoms with E-state index < -0.39 is 0 Å². The lowest BCUT2D eigenvalue weighted by molar-refractivity contribution is 0.380. The first-order chi connectivity index (χ1) is 12.5. The number of hydrogen-bond acceptors (Lipinski definition) is 4. The van der Waals surface area contributed by atoms with E-state index in [1.807, 2.05) is 38.1 Å². The van der Waals surface area contributed by atoms with Crippen LogP contribution in [0.25, 0.3) is 11.4 Å². The van der Waals surface area contributed by atoms with Crippen molar-refractivity contribution in [1.82, 2.24) is 10.1 Å². The molecule has 0 unspecified atom stereocenters. The summed E-state index contributed by atoms with van der Waals surface area (Å²) in [5, 5.41) is 7.74. The van der Waals surface area contributed by atoms with Crippen LogP contribution in [0.2, 0.25) is 5.02 Å². The van der Waals surface area contributed by atoms with E-state index >= 15 is 0 Å². The Labute approximate surface area is 180 Å². The highest BCUT2D eigenvalue weighted by Gasteiger charge is 2.08. The monoisotopic (exact) mass is 497 g/mol. The molecule has 142 valence electrons. The van der Waals surface area contributed by atoms with Crippen LogP contribution in [0.1, 0.15) is 17.0 Å². The first-order valence-corrected chi connectivity index (χ1v) is 8.61. The van der Waals surface area contributed by atoms with Crippen molar-refractivity contribution in [2.75, 3.05) is 11.9 Å². The maximum atomic E-state index is 5.94. The van der Waals surface area contributed by atoms with Gasteiger partial charge in [-0.15, -0.1) is 24.0 Å². The van der Waals surface area contributed by atoms with Gasteiger partial charge in [-0.05, 0) is 61.4 Å². The zero-order valence-corrected chi connectivity index (χ0v) is 18.2. The van der Waals surface area contributed by atoms with Gasteiger partial charge in [0.1, 0.15) is 0 Å². The normalized spacial score (nSPS) is 11.1. The van der Waals surface area contributed by atoms with E-state index in [1.54, 1.807) is 12.1 Å². The van der Waals surface area contributed by atoms with Crippen LogP contribution >= 0.6 is 35.6 Å². The van der Waals surface area contributed by atoms with Crippen LogP contribution in [0.4, 0.5) is 5.69 Å². The van der Waals surface area contributed by atoms with Crippen molar-refractivity contribution < 1.29 is 4.52 Å². The molecule has 0 spiro atoms. The summed E-state index contributed by atoms with van der Waals surface area (Å²) in [5.41, 5.74) is 10.0. The topological polar surface area (TPSA) is 89.3 Å². The Morgan fingerprint density at radius 2 is 1.81 bits per heavy atom. The molecule has 6 nitrogen and oxygen atoms in total. The summed E-state index contributed by atoms with van der Waals surface area (Å²) in [6.07, 6.45) is 0.510. The molecule has 3 aromatic rings. The third kappa shape index (κ3) is 6.21. The number of benzene rings is 2. The van der Waals surface area contributed by atoms with Crippen LogP contribution in [0.3, 0.4) is 0 Å². The second-order valence-electron chi connectivity index (χ2n) is 6.04. The largest absolute Gasteiger partial charge is 0.370 e. The van der Waals surface area contributed by atoms with Crippen molar-refractivity contribution in [3.8, 4) is 11.4 Å². The third-order valence-electron chi connectivity index (χ3n) is 3.67. The van der Waals surface area contributed by atoms with Crippen LogP contribution in [-0.4, -0.2) is 22.6 Å². The first kappa shape index (κ1) is 21.2. The van der Waals surface area contributed by atoms with Gasteiger partial charge in [0.15, 0.2) is 5.96 Å². The number of aryl methyl sites for hydroxylation is 2. The standard InChI is InChI=1S/C19H20ClN5O.HI/c1-12-9-13(2)11-16(10-12)23-19(21)22-8-7-17-24-18(25-26-17)14-3-5-15(20)6-4-14;/h3-6,9-11H,7-8H2,1-2H3,(H3,21,22,23);1H. The highest BCUT2D eigenvalue weighted by atomic mass is 127. The fraction of sp³-hybridized carbons (Fsp3) is 0.211. The fourth-order valence-electron chi connectivity index (χ4n) is 2.58. The van der Waals surface area contributed by atoms with Gasteiger partial charge in [0.05, 0.1) is 6.54 Å². The molecule has 1 aromatic heterocycles. The van der Waals surface area contributed by atoms with Crippen molar-refractivity contribution in [1.29, 1.82) is 0 Å². The molecule has 1 heterocycles. The summed E-state index contributed by atoms with van der Waals surface area (Å²) in [6.45, 7) is 4.53. The number of nitrogens with two attached hydrogens (primary N) is 1. The molecule has 0 saturated heterocycles. The number of rotatable bonds is 5. The first-order valence-electron chi connectivity index (χ1n) is 8.23. The van der Waals surface area contributed by atoms with E-state index in [9.17, 15) is 0 Å². The number of guanidine groups is 1. The van der Waals surface area contributed by atoms with Crippen LogP contribution in [0.5, 0.6) is 0 Å². The van der Waals surface area contributed by atoms with Gasteiger partial charge >= 0.3 is 0 Å². The second-order valence-corrected chi connectivity index (χ2v) is 6.47. The molecule has 0 fully saturated rings. The maximum Gasteiger partial charge on any atom is 0.228 e. The van der Waals surface area contributed by atoms with Gasteiger partial charge in [0.2, 0.25) is 11.7 Å². The quantitative estimate of drug-likeness (QED) is 0.306. The van der Waals surface area contributed by atoms with Gasteiger partial charge in [-0.25, -0.2) is 0 Å². The van der Waals surface area contributed by atoms with E-state index in [0.29, 0.717) is 35.7 Å². The molecule has 0 aliphatic carbocycles. The average molecular weight is 498 g/mol. The van der Waals surface area contributed by atoms with Gasteiger partial charge in [-0.3, -0.25) is 4.99 Å². The zero-order chi connectivity index (χ0) is 18.5. The Bertz CT molecular complexity index is 904. The smallest absolute Gasteiger partial charge is 0.228 e. The van der Waals surface area contributed by atoms with Gasteiger partial charge < -0.3 is 15.6 Å². The van der Waals surface area contributed by atoms with E-state index in [0.717, 1.165) is 11.3 Å². The van der Waals surface area contributed by atoms with E-state index in [2.05, 4.69) is 26.5 Å². The predicted octanol–water partition coefficient (Wildman–Crippen LogP) is 4.59. The lowest BCUT2D eigenvalue weighted by atomic mass is 10.1. The molecule has 0 aliphatic heterocycles. The summed E-state index contributed by atoms with van der Waals surface area (Å²) in [6, 6.07) is 13.4. The molecule has 3 rings (SSSR count). The molecule has 0 radical (unpaired) electrons. The lowest BCUT2D eigenvalue weighted by Gasteiger charge is -2.07. The highest BCUT2D eigenvalue weighted by Crippen LogP contribution is 2.18. The lowest BCUT2D eigenvalue weighted by Crippen LogP contribution is -2.23. The maximum absolute atomic E-state index is 5.94. The average Bonchev–Trinajstić information content (AvgIpc) is 3.03. The summed E-state index contributed by atoms with van der Waals surface area (Å²) >= 11 is 5.88. The van der Waals surface area contributed by atoms with Crippen molar-refractivity contribution >= 4 is 47.2 Å². The number of halogens is 2. The number of aliphatic imine (C=N–C) groups is 1. The van der Waals surface area contributed by atoms with Gasteiger partial charge in [-0.1, -0.05) is 22.8 Å². The minimum atomic E-state index is 0. The molecule has 8 heteroatoms. The zero-order valence-electron chi connectivity index (χ0n) is 15.1. The minimum absolute atomic E-state index is 0. The Morgan fingerprint density at radius 1 is 1.15 bits per heavy atom. The molecule has 27 heavy (non-hydrogen) atoms. The number of aromatic nitrogens is 2. The van der Waals surface area contributed by atoms with Crippen LogP contribution in [0.15, 0.2) is 52.0 Å². The number of nitrogens with one attached hydrogen (secondary N) is 1. The van der Waals surface area contributed by atoms with Crippen molar-refractivity contribution in [3.63, 3.8) is 0 Å². The summed E-state index contributed by atoms with van der Waals surface area (Å²) in [5.74, 6) is 1.40. The van der Waals surface area contributed by atoms with Crippen molar-refractivity contribution in [3.05, 3.63) is 64.5 Å². The van der Waals surface area contributed by atoms with E-state index in [1.165, 1.54) is 11.1 Å². The van der Waals surface area contributed by atoms with Gasteiger partial charge in [0, 0.05) is 22.7 Å². The molecular formula is C19H21ClIN5O. The molecule has 0 aliphatic rings. The predicted molar refractivity (Wildman–Crippen MR) is 120 cm³/mol. The Kier molecular flexibility index (Phi) is 7.61. The van der Waals surface area contributed by atoms with Crippen LogP contribution in [0, 0.1) is 13.8 Å². The number of nitrogens with zero attached hydrogens (tertiary/aromatic N) is 3. The number of anilines is 1. The summed E-state index contributed by atoms with van der Waals surface area (Å²) in [4.78, 5) is 8.67. The summed E-state index contributed by atoms with van der Waals surface area (Å²) in [7, 11) is 0. The Balaban J connectivity index is 0.00000261. The molecule has 0 saturated carbocycles. The van der Waals surface area contributed by atoms with E-state index in [4.69, 9.17) is 21.9 Å². The van der Waals surface area contributed by atoms with Gasteiger partial charge in [-0.2, -0.15) is 4.98 Å². The third-order valence-corrected chi connectivity index (χ3v) is 3.92. The molecule has 2 aromatic carbocycles. The minimum Gasteiger partial charge on any atom is -0.370 e. The van der Waals surface area contributed by atoms with Crippen molar-refractivity contribution in [2.24, 2.45) is 10.7 Å². The Morgan fingerprint density at radius 3 is 2.48 bits per heavy atom. The van der Waals surface area contributed by atoms with E-state index in [-0.39, 0.29) is 24.0 Å². The molecule has 3 N–H and O–H groups in total. The summed E-state index contributed by atoms with van der Waals surface area (Å²) < 4.78 is 5.26. The van der Waals surface area contributed by atoms with Crippen molar-refractivity contribution in [2.45, 2.75) is 20.3 Å².